The third-order valence-electron chi connectivity index (χ3n) is 3.25. The van der Waals surface area contributed by atoms with Gasteiger partial charge in [0, 0.05) is 24.9 Å². The number of imidazole rings is 1. The highest BCUT2D eigenvalue weighted by molar-refractivity contribution is 5.71. The Morgan fingerprint density at radius 3 is 3.13 bits per heavy atom. The maximum absolute atomic E-state index is 11.1. The lowest BCUT2D eigenvalue weighted by atomic mass is 9.95. The summed E-state index contributed by atoms with van der Waals surface area (Å²) in [7, 11) is 0. The first-order valence-electron chi connectivity index (χ1n) is 5.48. The lowest BCUT2D eigenvalue weighted by molar-refractivity contribution is -0.142. The molecule has 1 saturated carbocycles. The molecule has 1 aromatic heterocycles. The first-order chi connectivity index (χ1) is 7.24. The fraction of sp³-hybridized carbons (Fsp3) is 0.636. The third-order valence-corrected chi connectivity index (χ3v) is 3.25. The fourth-order valence-electron chi connectivity index (χ4n) is 2.48. The Morgan fingerprint density at radius 2 is 2.47 bits per heavy atom. The van der Waals surface area contributed by atoms with E-state index in [1.54, 1.807) is 6.20 Å². The predicted molar refractivity (Wildman–Crippen MR) is 55.6 cm³/mol. The molecule has 1 aliphatic carbocycles. The number of hydrogen-bond donors (Lipinski definition) is 1. The molecule has 1 N–H and O–H groups in total. The summed E-state index contributed by atoms with van der Waals surface area (Å²) in [4.78, 5) is 15.4. The van der Waals surface area contributed by atoms with E-state index in [9.17, 15) is 4.79 Å². The van der Waals surface area contributed by atoms with Crippen LogP contribution >= 0.6 is 0 Å². The number of aryl methyl sites for hydroxylation is 1. The van der Waals surface area contributed by atoms with Crippen molar-refractivity contribution in [1.29, 1.82) is 0 Å². The molecule has 0 aromatic carbocycles. The minimum Gasteiger partial charge on any atom is -0.481 e. The summed E-state index contributed by atoms with van der Waals surface area (Å²) >= 11 is 0. The Bertz CT molecular complexity index is 359. The number of rotatable bonds is 3. The standard InChI is InChI=1S/C11H16N2O2/c1-2-13-7-6-12-10(13)8-4-3-5-9(8)11(14)15/h6-9H,2-5H2,1H3,(H,14,15). The van der Waals surface area contributed by atoms with Crippen molar-refractivity contribution >= 4 is 5.97 Å². The monoisotopic (exact) mass is 208 g/mol. The maximum atomic E-state index is 11.1. The molecule has 2 rings (SSSR count). The van der Waals surface area contributed by atoms with Crippen LogP contribution < -0.4 is 0 Å². The van der Waals surface area contributed by atoms with Gasteiger partial charge in [-0.05, 0) is 19.8 Å². The Hall–Kier alpha value is -1.32. The highest BCUT2D eigenvalue weighted by Gasteiger charge is 2.36. The molecule has 2 atom stereocenters. The van der Waals surface area contributed by atoms with Crippen molar-refractivity contribution in [2.45, 2.75) is 38.6 Å². The van der Waals surface area contributed by atoms with Crippen LogP contribution in [0.1, 0.15) is 37.9 Å². The van der Waals surface area contributed by atoms with Gasteiger partial charge >= 0.3 is 5.97 Å². The van der Waals surface area contributed by atoms with Gasteiger partial charge in [0.25, 0.3) is 0 Å². The van der Waals surface area contributed by atoms with Crippen LogP contribution in [0.25, 0.3) is 0 Å². The van der Waals surface area contributed by atoms with E-state index >= 15 is 0 Å². The fourth-order valence-corrected chi connectivity index (χ4v) is 2.48. The van der Waals surface area contributed by atoms with Crippen LogP contribution in [0.5, 0.6) is 0 Å². The van der Waals surface area contributed by atoms with E-state index in [1.165, 1.54) is 0 Å². The van der Waals surface area contributed by atoms with Gasteiger partial charge in [-0.2, -0.15) is 0 Å². The van der Waals surface area contributed by atoms with E-state index in [0.717, 1.165) is 31.6 Å². The highest BCUT2D eigenvalue weighted by atomic mass is 16.4. The molecule has 4 heteroatoms. The molecule has 1 aromatic rings. The van der Waals surface area contributed by atoms with Crippen molar-refractivity contribution in [1.82, 2.24) is 9.55 Å². The second kappa shape index (κ2) is 4.04. The van der Waals surface area contributed by atoms with E-state index in [1.807, 2.05) is 10.8 Å². The Morgan fingerprint density at radius 1 is 1.67 bits per heavy atom. The van der Waals surface area contributed by atoms with Crippen LogP contribution in [-0.2, 0) is 11.3 Å². The number of aliphatic carboxylic acids is 1. The van der Waals surface area contributed by atoms with E-state index in [2.05, 4.69) is 11.9 Å². The zero-order chi connectivity index (χ0) is 10.8. The number of carboxylic acids is 1. The van der Waals surface area contributed by atoms with Crippen molar-refractivity contribution < 1.29 is 9.90 Å². The normalized spacial score (nSPS) is 25.7. The summed E-state index contributed by atoms with van der Waals surface area (Å²) in [6.45, 7) is 2.91. The Labute approximate surface area is 88.9 Å². The lowest BCUT2D eigenvalue weighted by Crippen LogP contribution is -2.19. The first-order valence-corrected chi connectivity index (χ1v) is 5.48. The van der Waals surface area contributed by atoms with Gasteiger partial charge in [0.1, 0.15) is 5.82 Å². The van der Waals surface area contributed by atoms with E-state index < -0.39 is 5.97 Å². The topological polar surface area (TPSA) is 55.1 Å². The van der Waals surface area contributed by atoms with Gasteiger partial charge in [-0.15, -0.1) is 0 Å². The van der Waals surface area contributed by atoms with E-state index in [4.69, 9.17) is 5.11 Å². The maximum Gasteiger partial charge on any atom is 0.307 e. The molecular formula is C11H16N2O2. The minimum absolute atomic E-state index is 0.109. The molecule has 0 radical (unpaired) electrons. The number of aromatic nitrogens is 2. The van der Waals surface area contributed by atoms with Crippen LogP contribution in [0, 0.1) is 5.92 Å². The number of hydrogen-bond acceptors (Lipinski definition) is 2. The number of carbonyl (C=O) groups is 1. The lowest BCUT2D eigenvalue weighted by Gasteiger charge is -2.16. The van der Waals surface area contributed by atoms with Crippen LogP contribution in [0.4, 0.5) is 0 Å². The summed E-state index contributed by atoms with van der Waals surface area (Å²) in [5.74, 6) is 0.140. The zero-order valence-corrected chi connectivity index (χ0v) is 8.89. The van der Waals surface area contributed by atoms with Crippen molar-refractivity contribution in [3.8, 4) is 0 Å². The van der Waals surface area contributed by atoms with Gasteiger partial charge in [-0.1, -0.05) is 6.42 Å². The van der Waals surface area contributed by atoms with Gasteiger partial charge in [0.15, 0.2) is 0 Å². The summed E-state index contributed by atoms with van der Waals surface area (Å²) in [5.41, 5.74) is 0. The summed E-state index contributed by atoms with van der Waals surface area (Å²) in [5, 5.41) is 9.11. The average molecular weight is 208 g/mol. The summed E-state index contributed by atoms with van der Waals surface area (Å²) < 4.78 is 2.05. The molecule has 0 spiro atoms. The van der Waals surface area contributed by atoms with Crippen molar-refractivity contribution in [2.75, 3.05) is 0 Å². The van der Waals surface area contributed by atoms with Crippen LogP contribution in [-0.4, -0.2) is 20.6 Å². The largest absolute Gasteiger partial charge is 0.481 e. The van der Waals surface area contributed by atoms with Gasteiger partial charge in [-0.25, -0.2) is 4.98 Å². The van der Waals surface area contributed by atoms with Crippen molar-refractivity contribution in [3.05, 3.63) is 18.2 Å². The SMILES string of the molecule is CCn1ccnc1C1CCCC1C(=O)O. The Balaban J connectivity index is 2.26. The van der Waals surface area contributed by atoms with Crippen molar-refractivity contribution in [2.24, 2.45) is 5.92 Å². The summed E-state index contributed by atoms with van der Waals surface area (Å²) in [6.07, 6.45) is 6.42. The number of carboxylic acid groups (broad SMARTS) is 1. The molecule has 2 unspecified atom stereocenters. The molecule has 0 bridgehead atoms. The number of nitrogens with zero attached hydrogens (tertiary/aromatic N) is 2. The molecule has 4 nitrogen and oxygen atoms in total. The van der Waals surface area contributed by atoms with E-state index in [0.29, 0.717) is 0 Å². The van der Waals surface area contributed by atoms with Gasteiger partial charge in [-0.3, -0.25) is 4.79 Å². The molecule has 1 heterocycles. The zero-order valence-electron chi connectivity index (χ0n) is 8.89. The molecule has 0 aliphatic heterocycles. The Kier molecular flexibility index (Phi) is 2.75. The molecule has 15 heavy (non-hydrogen) atoms. The second-order valence-corrected chi connectivity index (χ2v) is 4.05. The molecule has 0 amide bonds. The van der Waals surface area contributed by atoms with Gasteiger partial charge in [0.05, 0.1) is 5.92 Å². The van der Waals surface area contributed by atoms with Crippen LogP contribution in [0.2, 0.25) is 0 Å². The quantitative estimate of drug-likeness (QED) is 0.825. The van der Waals surface area contributed by atoms with Crippen LogP contribution in [0.3, 0.4) is 0 Å². The molecular weight excluding hydrogens is 192 g/mol. The molecule has 82 valence electrons. The third kappa shape index (κ3) is 1.76. The smallest absolute Gasteiger partial charge is 0.307 e. The summed E-state index contributed by atoms with van der Waals surface area (Å²) in [6, 6.07) is 0. The second-order valence-electron chi connectivity index (χ2n) is 4.05. The van der Waals surface area contributed by atoms with Gasteiger partial charge < -0.3 is 9.67 Å². The molecule has 1 aliphatic rings. The van der Waals surface area contributed by atoms with Crippen molar-refractivity contribution in [3.63, 3.8) is 0 Å². The minimum atomic E-state index is -0.678. The van der Waals surface area contributed by atoms with E-state index in [-0.39, 0.29) is 11.8 Å². The highest BCUT2D eigenvalue weighted by Crippen LogP contribution is 2.38. The molecule has 0 saturated heterocycles. The predicted octanol–water partition coefficient (Wildman–Crippen LogP) is 1.87. The van der Waals surface area contributed by atoms with Crippen LogP contribution in [0.15, 0.2) is 12.4 Å². The van der Waals surface area contributed by atoms with Gasteiger partial charge in [0.2, 0.25) is 0 Å². The molecule has 1 fully saturated rings. The first kappa shape index (κ1) is 10.2. The average Bonchev–Trinajstić information content (AvgIpc) is 2.85.